The van der Waals surface area contributed by atoms with Crippen LogP contribution >= 0.6 is 0 Å². The minimum atomic E-state index is -0.00755. The predicted octanol–water partition coefficient (Wildman–Crippen LogP) is 1.24. The second kappa shape index (κ2) is 5.91. The van der Waals surface area contributed by atoms with Gasteiger partial charge in [0.25, 0.3) is 0 Å². The van der Waals surface area contributed by atoms with Crippen molar-refractivity contribution in [2.24, 2.45) is 0 Å². The lowest BCUT2D eigenvalue weighted by Gasteiger charge is -2.33. The summed E-state index contributed by atoms with van der Waals surface area (Å²) in [5, 5.41) is 22.8. The molecule has 0 aliphatic carbocycles. The van der Waals surface area contributed by atoms with Gasteiger partial charge in [-0.15, -0.1) is 0 Å². The third kappa shape index (κ3) is 2.65. The number of hydrogen-bond donors (Lipinski definition) is 2. The third-order valence-corrected chi connectivity index (χ3v) is 3.64. The summed E-state index contributed by atoms with van der Waals surface area (Å²) in [6.45, 7) is 5.68. The molecule has 0 saturated carbocycles. The topological polar surface area (TPSA) is 68.5 Å². The Morgan fingerprint density at radius 3 is 2.68 bits per heavy atom. The van der Waals surface area contributed by atoms with E-state index in [1.54, 1.807) is 12.1 Å². The average molecular weight is 261 g/mol. The number of nitrogens with zero attached hydrogens (tertiary/aromatic N) is 2. The van der Waals surface area contributed by atoms with Gasteiger partial charge in [0.1, 0.15) is 0 Å². The number of methoxy groups -OCH3 is 1. The Morgan fingerprint density at radius 1 is 1.42 bits per heavy atom. The molecule has 0 amide bonds. The van der Waals surface area contributed by atoms with Crippen LogP contribution in [-0.2, 0) is 0 Å². The minimum absolute atomic E-state index is 0.00755. The van der Waals surface area contributed by atoms with Crippen LogP contribution in [0.5, 0.6) is 11.5 Å². The fraction of sp³-hybridized carbons (Fsp3) is 0.500. The first kappa shape index (κ1) is 13.7. The number of phenols is 1. The number of nitrogens with one attached hydrogen (secondary N) is 1. The van der Waals surface area contributed by atoms with E-state index in [9.17, 15) is 10.4 Å². The van der Waals surface area contributed by atoms with Gasteiger partial charge in [-0.25, -0.2) is 0 Å². The molecule has 0 unspecified atom stereocenters. The van der Waals surface area contributed by atoms with Crippen LogP contribution in [0.15, 0.2) is 12.1 Å². The van der Waals surface area contributed by atoms with E-state index in [2.05, 4.69) is 16.3 Å². The first-order chi connectivity index (χ1) is 9.19. The van der Waals surface area contributed by atoms with Gasteiger partial charge >= 0.3 is 0 Å². The Labute approximate surface area is 113 Å². The molecule has 5 nitrogen and oxygen atoms in total. The van der Waals surface area contributed by atoms with Crippen LogP contribution in [0.2, 0.25) is 0 Å². The number of rotatable bonds is 3. The molecule has 1 saturated heterocycles. The van der Waals surface area contributed by atoms with Crippen molar-refractivity contribution in [3.05, 3.63) is 23.3 Å². The molecular weight excluding hydrogens is 242 g/mol. The summed E-state index contributed by atoms with van der Waals surface area (Å²) in [6.07, 6.45) is 0. The molecule has 0 aromatic heterocycles. The van der Waals surface area contributed by atoms with Crippen LogP contribution in [0.25, 0.3) is 0 Å². The lowest BCUT2D eigenvalue weighted by Crippen LogP contribution is -2.44. The summed E-state index contributed by atoms with van der Waals surface area (Å²) in [4.78, 5) is 2.26. The van der Waals surface area contributed by atoms with Gasteiger partial charge in [-0.05, 0) is 19.1 Å². The molecule has 0 spiro atoms. The highest BCUT2D eigenvalue weighted by Gasteiger charge is 2.24. The number of phenolic OH excluding ortho intramolecular Hbond substituents is 1. The van der Waals surface area contributed by atoms with Gasteiger partial charge in [-0.1, -0.05) is 0 Å². The molecule has 19 heavy (non-hydrogen) atoms. The Kier molecular flexibility index (Phi) is 4.25. The number of hydrogen-bond acceptors (Lipinski definition) is 5. The normalized spacial score (nSPS) is 17.7. The van der Waals surface area contributed by atoms with Gasteiger partial charge in [0, 0.05) is 37.8 Å². The number of benzene rings is 1. The molecule has 0 bridgehead atoms. The van der Waals surface area contributed by atoms with E-state index in [-0.39, 0.29) is 11.8 Å². The molecule has 1 aliphatic heterocycles. The van der Waals surface area contributed by atoms with Crippen molar-refractivity contribution >= 4 is 0 Å². The first-order valence-corrected chi connectivity index (χ1v) is 6.43. The van der Waals surface area contributed by atoms with Gasteiger partial charge in [0.15, 0.2) is 11.5 Å². The molecule has 1 aromatic rings. The highest BCUT2D eigenvalue weighted by Crippen LogP contribution is 2.38. The van der Waals surface area contributed by atoms with E-state index in [0.717, 1.165) is 26.2 Å². The number of aromatic hydroxyl groups is 1. The Morgan fingerprint density at radius 2 is 2.11 bits per heavy atom. The van der Waals surface area contributed by atoms with Gasteiger partial charge in [0.05, 0.1) is 18.7 Å². The van der Waals surface area contributed by atoms with Crippen LogP contribution < -0.4 is 10.1 Å². The highest BCUT2D eigenvalue weighted by atomic mass is 16.5. The fourth-order valence-corrected chi connectivity index (χ4v) is 2.53. The van der Waals surface area contributed by atoms with E-state index in [0.29, 0.717) is 16.9 Å². The third-order valence-electron chi connectivity index (χ3n) is 3.64. The summed E-state index contributed by atoms with van der Waals surface area (Å²) in [5.41, 5.74) is 1.16. The molecule has 1 aliphatic rings. The minimum Gasteiger partial charge on any atom is -0.504 e. The van der Waals surface area contributed by atoms with Gasteiger partial charge in [0.2, 0.25) is 0 Å². The molecule has 102 valence electrons. The molecule has 1 atom stereocenters. The molecule has 2 N–H and O–H groups in total. The van der Waals surface area contributed by atoms with Crippen LogP contribution in [0, 0.1) is 11.3 Å². The standard InChI is InChI=1S/C14H19N3O2/c1-10(17-7-5-16-6-8-17)13-11(9-15)3-4-12(19-2)14(13)18/h3-4,10,16,18H,5-8H2,1-2H3/t10-/m0/s1. The van der Waals surface area contributed by atoms with Crippen molar-refractivity contribution in [3.63, 3.8) is 0 Å². The number of ether oxygens (including phenoxy) is 1. The Bertz CT molecular complexity index is 490. The molecule has 0 radical (unpaired) electrons. The summed E-state index contributed by atoms with van der Waals surface area (Å²) < 4.78 is 5.13. The highest BCUT2D eigenvalue weighted by molar-refractivity contribution is 5.55. The number of nitriles is 1. The van der Waals surface area contributed by atoms with E-state index >= 15 is 0 Å². The van der Waals surface area contributed by atoms with Crippen molar-refractivity contribution in [3.8, 4) is 17.6 Å². The molecule has 2 rings (SSSR count). The zero-order chi connectivity index (χ0) is 13.8. The maximum Gasteiger partial charge on any atom is 0.163 e. The Hall–Kier alpha value is -1.77. The molecule has 1 aromatic carbocycles. The number of piperazine rings is 1. The van der Waals surface area contributed by atoms with Gasteiger partial charge in [-0.3, -0.25) is 4.90 Å². The Balaban J connectivity index is 2.38. The first-order valence-electron chi connectivity index (χ1n) is 6.43. The van der Waals surface area contributed by atoms with Crippen molar-refractivity contribution < 1.29 is 9.84 Å². The molecule has 1 heterocycles. The summed E-state index contributed by atoms with van der Waals surface area (Å²) in [5.74, 6) is 0.489. The second-order valence-corrected chi connectivity index (χ2v) is 4.65. The average Bonchev–Trinajstić information content (AvgIpc) is 2.47. The summed E-state index contributed by atoms with van der Waals surface area (Å²) >= 11 is 0. The van der Waals surface area contributed by atoms with Crippen LogP contribution in [0.4, 0.5) is 0 Å². The van der Waals surface area contributed by atoms with E-state index in [1.807, 2.05) is 6.92 Å². The van der Waals surface area contributed by atoms with Gasteiger partial charge < -0.3 is 15.2 Å². The monoisotopic (exact) mass is 261 g/mol. The van der Waals surface area contributed by atoms with Crippen molar-refractivity contribution in [2.45, 2.75) is 13.0 Å². The van der Waals surface area contributed by atoms with Crippen molar-refractivity contribution in [2.75, 3.05) is 33.3 Å². The van der Waals surface area contributed by atoms with E-state index in [1.165, 1.54) is 7.11 Å². The SMILES string of the molecule is COc1ccc(C#N)c([C@H](C)N2CCNCC2)c1O. The van der Waals surface area contributed by atoms with Crippen molar-refractivity contribution in [1.29, 1.82) is 5.26 Å². The van der Waals surface area contributed by atoms with E-state index < -0.39 is 0 Å². The molecular formula is C14H19N3O2. The fourth-order valence-electron chi connectivity index (χ4n) is 2.53. The quantitative estimate of drug-likeness (QED) is 0.856. The second-order valence-electron chi connectivity index (χ2n) is 4.65. The maximum atomic E-state index is 10.3. The maximum absolute atomic E-state index is 10.3. The predicted molar refractivity (Wildman–Crippen MR) is 72.2 cm³/mol. The smallest absolute Gasteiger partial charge is 0.163 e. The lowest BCUT2D eigenvalue weighted by atomic mass is 9.98. The summed E-state index contributed by atoms with van der Waals surface area (Å²) in [7, 11) is 1.51. The van der Waals surface area contributed by atoms with Crippen LogP contribution in [0.3, 0.4) is 0 Å². The van der Waals surface area contributed by atoms with Gasteiger partial charge in [-0.2, -0.15) is 5.26 Å². The largest absolute Gasteiger partial charge is 0.504 e. The molecule has 1 fully saturated rings. The summed E-state index contributed by atoms with van der Waals surface area (Å²) in [6, 6.07) is 5.47. The zero-order valence-electron chi connectivity index (χ0n) is 11.3. The zero-order valence-corrected chi connectivity index (χ0v) is 11.3. The van der Waals surface area contributed by atoms with Crippen LogP contribution in [-0.4, -0.2) is 43.3 Å². The van der Waals surface area contributed by atoms with Crippen LogP contribution in [0.1, 0.15) is 24.1 Å². The lowest BCUT2D eigenvalue weighted by molar-refractivity contribution is 0.182. The molecule has 5 heteroatoms. The van der Waals surface area contributed by atoms with E-state index in [4.69, 9.17) is 4.74 Å². The van der Waals surface area contributed by atoms with Crippen molar-refractivity contribution in [1.82, 2.24) is 10.2 Å².